The fraction of sp³-hybridized carbons (Fsp3) is 0.350. The Hall–Kier alpha value is -2.40. The first-order valence-corrected chi connectivity index (χ1v) is 8.50. The number of halogens is 1. The van der Waals surface area contributed by atoms with Crippen molar-refractivity contribution in [2.75, 3.05) is 13.6 Å². The topological polar surface area (TPSA) is 41.6 Å². The number of likely N-dealkylation sites (N-methyl/N-ethyl adjacent to an activating group) is 1. The summed E-state index contributed by atoms with van der Waals surface area (Å²) in [6, 6.07) is 17.2. The van der Waals surface area contributed by atoms with Gasteiger partial charge in [-0.25, -0.2) is 4.39 Å². The number of carbonyl (C=O) groups is 1. The summed E-state index contributed by atoms with van der Waals surface area (Å²) in [5, 5.41) is 2.94. The fourth-order valence-electron chi connectivity index (χ4n) is 2.99. The van der Waals surface area contributed by atoms with Crippen LogP contribution in [0.3, 0.4) is 0 Å². The van der Waals surface area contributed by atoms with Gasteiger partial charge in [0.15, 0.2) is 0 Å². The van der Waals surface area contributed by atoms with Crippen LogP contribution in [0.25, 0.3) is 0 Å². The molecule has 0 aromatic heterocycles. The average molecular weight is 342 g/mol. The third kappa shape index (κ3) is 4.57. The molecule has 0 spiro atoms. The van der Waals surface area contributed by atoms with Gasteiger partial charge in [-0.15, -0.1) is 0 Å². The second-order valence-corrected chi connectivity index (χ2v) is 6.37. The molecule has 132 valence electrons. The lowest BCUT2D eigenvalue weighted by molar-refractivity contribution is -0.132. The number of benzene rings is 2. The summed E-state index contributed by atoms with van der Waals surface area (Å²) in [5.41, 5.74) is 2.02. The number of hydrogen-bond acceptors (Lipinski definition) is 3. The van der Waals surface area contributed by atoms with Gasteiger partial charge in [0.2, 0.25) is 5.91 Å². The first-order valence-electron chi connectivity index (χ1n) is 8.50. The molecule has 1 aliphatic rings. The van der Waals surface area contributed by atoms with Gasteiger partial charge in [0.25, 0.3) is 0 Å². The van der Waals surface area contributed by atoms with E-state index in [9.17, 15) is 9.18 Å². The molecule has 1 N–H and O–H groups in total. The molecule has 2 aromatic rings. The smallest absolute Gasteiger partial charge is 0.239 e. The van der Waals surface area contributed by atoms with Crippen molar-refractivity contribution in [3.05, 3.63) is 65.7 Å². The molecule has 1 fully saturated rings. The first-order chi connectivity index (χ1) is 12.1. The Kier molecular flexibility index (Phi) is 5.66. The minimum absolute atomic E-state index is 0.0852. The molecule has 1 aliphatic heterocycles. The van der Waals surface area contributed by atoms with Crippen LogP contribution in [0.4, 0.5) is 4.39 Å². The van der Waals surface area contributed by atoms with Gasteiger partial charge in [-0.1, -0.05) is 48.5 Å². The molecule has 0 radical (unpaired) electrons. The Labute approximate surface area is 147 Å². The van der Waals surface area contributed by atoms with E-state index < -0.39 is 12.2 Å². The highest BCUT2D eigenvalue weighted by atomic mass is 19.1. The molecule has 0 aliphatic carbocycles. The summed E-state index contributed by atoms with van der Waals surface area (Å²) in [6.45, 7) is 1.16. The molecule has 0 unspecified atom stereocenters. The lowest BCUT2D eigenvalue weighted by Crippen LogP contribution is -2.41. The third-order valence-electron chi connectivity index (χ3n) is 4.37. The van der Waals surface area contributed by atoms with Crippen molar-refractivity contribution in [3.63, 3.8) is 0 Å². The summed E-state index contributed by atoms with van der Waals surface area (Å²) >= 11 is 0. The lowest BCUT2D eigenvalue weighted by atomic mass is 10.1. The summed E-state index contributed by atoms with van der Waals surface area (Å²) < 4.78 is 19.2. The van der Waals surface area contributed by atoms with Gasteiger partial charge >= 0.3 is 0 Å². The van der Waals surface area contributed by atoms with Gasteiger partial charge in [0.05, 0.1) is 6.04 Å². The van der Waals surface area contributed by atoms with Crippen LogP contribution in [0.15, 0.2) is 54.6 Å². The van der Waals surface area contributed by atoms with E-state index in [0.717, 1.165) is 16.9 Å². The number of carbonyl (C=O) groups excluding carboxylic acids is 1. The van der Waals surface area contributed by atoms with Crippen molar-refractivity contribution in [3.8, 4) is 5.75 Å². The van der Waals surface area contributed by atoms with E-state index in [-0.39, 0.29) is 18.9 Å². The first kappa shape index (κ1) is 17.4. The standard InChI is InChI=1S/C20H23FN2O2/c1-23(20(24)18-11-17(21)12-22-18)13-16-9-5-6-10-19(16)25-14-15-7-3-2-4-8-15/h2-10,17-18,22H,11-14H2,1H3/t17-,18+/m0/s1. The van der Waals surface area contributed by atoms with Crippen LogP contribution >= 0.6 is 0 Å². The number of ether oxygens (including phenoxy) is 1. The van der Waals surface area contributed by atoms with E-state index in [1.165, 1.54) is 0 Å². The van der Waals surface area contributed by atoms with Gasteiger partial charge < -0.3 is 15.0 Å². The Morgan fingerprint density at radius 2 is 1.92 bits per heavy atom. The maximum Gasteiger partial charge on any atom is 0.239 e. The minimum atomic E-state index is -0.941. The number of alkyl halides is 1. The third-order valence-corrected chi connectivity index (χ3v) is 4.37. The maximum atomic E-state index is 13.3. The van der Waals surface area contributed by atoms with Gasteiger partial charge in [0.1, 0.15) is 18.5 Å². The Morgan fingerprint density at radius 1 is 1.20 bits per heavy atom. The van der Waals surface area contributed by atoms with Crippen molar-refractivity contribution in [1.82, 2.24) is 10.2 Å². The molecular weight excluding hydrogens is 319 g/mol. The molecule has 0 saturated carbocycles. The predicted octanol–water partition coefficient (Wildman–Crippen LogP) is 2.92. The van der Waals surface area contributed by atoms with E-state index in [2.05, 4.69) is 5.32 Å². The second-order valence-electron chi connectivity index (χ2n) is 6.37. The minimum Gasteiger partial charge on any atom is -0.489 e. The van der Waals surface area contributed by atoms with E-state index >= 15 is 0 Å². The van der Waals surface area contributed by atoms with E-state index in [1.807, 2.05) is 54.6 Å². The maximum absolute atomic E-state index is 13.3. The van der Waals surface area contributed by atoms with Gasteiger partial charge in [-0.05, 0) is 11.6 Å². The molecule has 4 nitrogen and oxygen atoms in total. The van der Waals surface area contributed by atoms with E-state index in [4.69, 9.17) is 4.74 Å². The normalized spacial score (nSPS) is 19.6. The van der Waals surface area contributed by atoms with Gasteiger partial charge in [-0.2, -0.15) is 0 Å². The summed E-state index contributed by atoms with van der Waals surface area (Å²) in [6.07, 6.45) is -0.696. The Morgan fingerprint density at radius 3 is 2.64 bits per heavy atom. The molecule has 25 heavy (non-hydrogen) atoms. The van der Waals surface area contributed by atoms with Gasteiger partial charge in [-0.3, -0.25) is 4.79 Å². The van der Waals surface area contributed by atoms with Crippen LogP contribution in [0.2, 0.25) is 0 Å². The number of hydrogen-bond donors (Lipinski definition) is 1. The highest BCUT2D eigenvalue weighted by molar-refractivity contribution is 5.82. The zero-order valence-electron chi connectivity index (χ0n) is 14.3. The van der Waals surface area contributed by atoms with Crippen molar-refractivity contribution in [2.45, 2.75) is 31.8 Å². The zero-order valence-corrected chi connectivity index (χ0v) is 14.3. The molecule has 1 saturated heterocycles. The van der Waals surface area contributed by atoms with Crippen LogP contribution in [-0.4, -0.2) is 36.6 Å². The highest BCUT2D eigenvalue weighted by Gasteiger charge is 2.31. The number of nitrogens with one attached hydrogen (secondary N) is 1. The quantitative estimate of drug-likeness (QED) is 0.878. The van der Waals surface area contributed by atoms with Crippen molar-refractivity contribution in [1.29, 1.82) is 0 Å². The largest absolute Gasteiger partial charge is 0.489 e. The molecule has 1 heterocycles. The highest BCUT2D eigenvalue weighted by Crippen LogP contribution is 2.22. The SMILES string of the molecule is CN(Cc1ccccc1OCc1ccccc1)C(=O)[C@H]1C[C@H](F)CN1. The molecular formula is C20H23FN2O2. The van der Waals surface area contributed by atoms with Crippen LogP contribution in [0.1, 0.15) is 17.5 Å². The summed E-state index contributed by atoms with van der Waals surface area (Å²) in [7, 11) is 1.74. The average Bonchev–Trinajstić information content (AvgIpc) is 3.07. The molecule has 2 atom stereocenters. The summed E-state index contributed by atoms with van der Waals surface area (Å²) in [5.74, 6) is 0.673. The van der Waals surface area contributed by atoms with Crippen molar-refractivity contribution >= 4 is 5.91 Å². The monoisotopic (exact) mass is 342 g/mol. The molecule has 2 aromatic carbocycles. The molecule has 1 amide bonds. The predicted molar refractivity (Wildman–Crippen MR) is 95.0 cm³/mol. The zero-order chi connectivity index (χ0) is 17.6. The Bertz CT molecular complexity index is 708. The van der Waals surface area contributed by atoms with Crippen molar-refractivity contribution < 1.29 is 13.9 Å². The second kappa shape index (κ2) is 8.12. The number of amides is 1. The van der Waals surface area contributed by atoms with Gasteiger partial charge in [0, 0.05) is 32.1 Å². The van der Waals surface area contributed by atoms with E-state index in [0.29, 0.717) is 13.2 Å². The lowest BCUT2D eigenvalue weighted by Gasteiger charge is -2.22. The fourth-order valence-corrected chi connectivity index (χ4v) is 2.99. The number of rotatable bonds is 6. The van der Waals surface area contributed by atoms with Crippen LogP contribution in [0, 0.1) is 0 Å². The molecule has 3 rings (SSSR count). The molecule has 0 bridgehead atoms. The van der Waals surface area contributed by atoms with Crippen LogP contribution in [-0.2, 0) is 17.9 Å². The summed E-state index contributed by atoms with van der Waals surface area (Å²) in [4.78, 5) is 14.1. The molecule has 5 heteroatoms. The van der Waals surface area contributed by atoms with E-state index in [1.54, 1.807) is 11.9 Å². The van der Waals surface area contributed by atoms with Crippen LogP contribution in [0.5, 0.6) is 5.75 Å². The van der Waals surface area contributed by atoms with Crippen LogP contribution < -0.4 is 10.1 Å². The van der Waals surface area contributed by atoms with Crippen molar-refractivity contribution in [2.24, 2.45) is 0 Å². The number of nitrogens with zero attached hydrogens (tertiary/aromatic N) is 1. The Balaban J connectivity index is 1.63. The number of para-hydroxylation sites is 1.